The Labute approximate surface area is 132 Å². The molecule has 0 radical (unpaired) electrons. The average Bonchev–Trinajstić information content (AvgIpc) is 2.54. The van der Waals surface area contributed by atoms with Gasteiger partial charge in [0.15, 0.2) is 0 Å². The van der Waals surface area contributed by atoms with Gasteiger partial charge in [0.2, 0.25) is 0 Å². The van der Waals surface area contributed by atoms with Crippen LogP contribution >= 0.6 is 0 Å². The molecule has 2 aromatic rings. The molecule has 2 nitrogen and oxygen atoms in total. The molecule has 3 heteroatoms. The van der Waals surface area contributed by atoms with E-state index in [1.165, 1.54) is 10.0 Å². The van der Waals surface area contributed by atoms with Crippen molar-refractivity contribution in [3.05, 3.63) is 65.7 Å². The third kappa shape index (κ3) is 4.20. The van der Waals surface area contributed by atoms with E-state index in [2.05, 4.69) is 31.2 Å². The van der Waals surface area contributed by atoms with Gasteiger partial charge in [-0.25, -0.2) is 0 Å². The Morgan fingerprint density at radius 1 is 1.05 bits per heavy atom. The number of rotatable bonds is 6. The van der Waals surface area contributed by atoms with Crippen LogP contribution in [0.3, 0.4) is 0 Å². The summed E-state index contributed by atoms with van der Waals surface area (Å²) in [4.78, 5) is 12.2. The zero-order chi connectivity index (χ0) is 15.1. The van der Waals surface area contributed by atoms with Gasteiger partial charge in [-0.05, 0) is 0 Å². The molecule has 0 amide bonds. The van der Waals surface area contributed by atoms with Gasteiger partial charge in [0, 0.05) is 0 Å². The quantitative estimate of drug-likeness (QED) is 0.593. The van der Waals surface area contributed by atoms with Crippen LogP contribution in [0.15, 0.2) is 54.6 Å². The number of benzene rings is 2. The van der Waals surface area contributed by atoms with Crippen molar-refractivity contribution in [3.63, 3.8) is 0 Å². The summed E-state index contributed by atoms with van der Waals surface area (Å²) in [5.74, 6) is -0.109. The Morgan fingerprint density at radius 3 is 2.38 bits per heavy atom. The van der Waals surface area contributed by atoms with Crippen LogP contribution in [0.5, 0.6) is 0 Å². The van der Waals surface area contributed by atoms with Gasteiger partial charge in [0.1, 0.15) is 0 Å². The zero-order valence-corrected chi connectivity index (χ0v) is 14.1. The molecule has 0 saturated carbocycles. The fourth-order valence-electron chi connectivity index (χ4n) is 2.20. The molecule has 0 heterocycles. The number of ether oxygens (including phenoxy) is 1. The first-order valence-electron chi connectivity index (χ1n) is 7.22. The van der Waals surface area contributed by atoms with Crippen molar-refractivity contribution in [2.75, 3.05) is 6.61 Å². The molecule has 110 valence electrons. The molecule has 0 aromatic heterocycles. The maximum absolute atomic E-state index is 12.4. The first-order valence-corrected chi connectivity index (χ1v) is 9.07. The van der Waals surface area contributed by atoms with Crippen molar-refractivity contribution in [3.8, 4) is 0 Å². The Morgan fingerprint density at radius 2 is 1.71 bits per heavy atom. The molecule has 1 unspecified atom stereocenters. The standard InChI is InChI=1S/C18H20O2Se/c1-3-14-10-8-9-13-16(14)17(18(19)20-4-2)21-15-11-6-5-7-12-15/h5-13,17H,3-4H2,1-2H3. The van der Waals surface area contributed by atoms with Gasteiger partial charge in [-0.1, -0.05) is 0 Å². The Kier molecular flexibility index (Phi) is 6.03. The normalized spacial score (nSPS) is 11.9. The summed E-state index contributed by atoms with van der Waals surface area (Å²) in [6.07, 6.45) is 0.928. The number of carbonyl (C=O) groups excluding carboxylic acids is 1. The van der Waals surface area contributed by atoms with Crippen molar-refractivity contribution < 1.29 is 9.53 Å². The molecule has 0 spiro atoms. The van der Waals surface area contributed by atoms with E-state index < -0.39 is 0 Å². The second kappa shape index (κ2) is 8.02. The molecule has 0 bridgehead atoms. The fraction of sp³-hybridized carbons (Fsp3) is 0.278. The molecule has 0 aliphatic heterocycles. The van der Waals surface area contributed by atoms with Crippen LogP contribution in [-0.4, -0.2) is 27.5 Å². The van der Waals surface area contributed by atoms with Crippen LogP contribution in [0.1, 0.15) is 29.8 Å². The Bertz CT molecular complexity index is 581. The van der Waals surface area contributed by atoms with Gasteiger partial charge in [0.25, 0.3) is 0 Å². The third-order valence-corrected chi connectivity index (χ3v) is 5.79. The summed E-state index contributed by atoms with van der Waals surface area (Å²) in [6, 6.07) is 18.4. The van der Waals surface area contributed by atoms with Crippen LogP contribution in [0, 0.1) is 0 Å². The molecule has 0 N–H and O–H groups in total. The fourth-order valence-corrected chi connectivity index (χ4v) is 4.53. The first kappa shape index (κ1) is 15.8. The summed E-state index contributed by atoms with van der Waals surface area (Å²) in [7, 11) is 0. The number of esters is 1. The van der Waals surface area contributed by atoms with Crippen LogP contribution < -0.4 is 4.46 Å². The average molecular weight is 347 g/mol. The molecule has 0 aliphatic carbocycles. The van der Waals surface area contributed by atoms with E-state index in [1.807, 2.05) is 37.3 Å². The molecule has 21 heavy (non-hydrogen) atoms. The second-order valence-corrected chi connectivity index (χ2v) is 7.09. The number of aryl methyl sites for hydroxylation is 1. The minimum absolute atomic E-state index is 0.0266. The zero-order valence-electron chi connectivity index (χ0n) is 12.4. The van der Waals surface area contributed by atoms with Crippen LogP contribution in [0.2, 0.25) is 0 Å². The SMILES string of the molecule is CCOC(=O)C([Se]c1ccccc1)c1ccccc1CC. The molecule has 0 aliphatic rings. The number of hydrogen-bond acceptors (Lipinski definition) is 2. The first-order chi connectivity index (χ1) is 10.3. The van der Waals surface area contributed by atoms with E-state index in [1.54, 1.807) is 0 Å². The monoisotopic (exact) mass is 348 g/mol. The molecule has 2 rings (SSSR count). The van der Waals surface area contributed by atoms with Gasteiger partial charge >= 0.3 is 132 Å². The number of hydrogen-bond donors (Lipinski definition) is 0. The van der Waals surface area contributed by atoms with E-state index in [-0.39, 0.29) is 25.7 Å². The van der Waals surface area contributed by atoms with Crippen LogP contribution in [-0.2, 0) is 16.0 Å². The van der Waals surface area contributed by atoms with E-state index in [4.69, 9.17) is 4.74 Å². The van der Waals surface area contributed by atoms with Gasteiger partial charge in [-0.15, -0.1) is 0 Å². The maximum atomic E-state index is 12.4. The van der Waals surface area contributed by atoms with Crippen LogP contribution in [0.4, 0.5) is 0 Å². The molecule has 2 aromatic carbocycles. The third-order valence-electron chi connectivity index (χ3n) is 3.22. The second-order valence-electron chi connectivity index (χ2n) is 4.62. The van der Waals surface area contributed by atoms with Crippen molar-refractivity contribution >= 4 is 25.4 Å². The van der Waals surface area contributed by atoms with Crippen LogP contribution in [0.25, 0.3) is 0 Å². The molecular formula is C18H20O2Se. The van der Waals surface area contributed by atoms with Crippen molar-refractivity contribution in [1.82, 2.24) is 0 Å². The van der Waals surface area contributed by atoms with Gasteiger partial charge < -0.3 is 0 Å². The molecule has 0 saturated heterocycles. The predicted octanol–water partition coefficient (Wildman–Crippen LogP) is 2.88. The van der Waals surface area contributed by atoms with E-state index in [0.717, 1.165) is 12.0 Å². The van der Waals surface area contributed by atoms with E-state index in [0.29, 0.717) is 6.61 Å². The summed E-state index contributed by atoms with van der Waals surface area (Å²) in [6.45, 7) is 4.40. The van der Waals surface area contributed by atoms with Crippen molar-refractivity contribution in [1.29, 1.82) is 0 Å². The summed E-state index contributed by atoms with van der Waals surface area (Å²) < 4.78 is 6.52. The van der Waals surface area contributed by atoms with Crippen molar-refractivity contribution in [2.45, 2.75) is 25.1 Å². The van der Waals surface area contributed by atoms with Crippen molar-refractivity contribution in [2.24, 2.45) is 0 Å². The summed E-state index contributed by atoms with van der Waals surface area (Å²) in [5.41, 5.74) is 2.34. The Balaban J connectivity index is 2.34. The van der Waals surface area contributed by atoms with E-state index >= 15 is 0 Å². The van der Waals surface area contributed by atoms with E-state index in [9.17, 15) is 4.79 Å². The van der Waals surface area contributed by atoms with Gasteiger partial charge in [-0.3, -0.25) is 0 Å². The van der Waals surface area contributed by atoms with Gasteiger partial charge in [0.05, 0.1) is 0 Å². The number of carbonyl (C=O) groups is 1. The molecule has 1 atom stereocenters. The topological polar surface area (TPSA) is 26.3 Å². The Hall–Kier alpha value is -1.57. The summed E-state index contributed by atoms with van der Waals surface area (Å²) >= 11 is 0.0266. The molecule has 0 fully saturated rings. The predicted molar refractivity (Wildman–Crippen MR) is 87.0 cm³/mol. The molecular weight excluding hydrogens is 327 g/mol. The van der Waals surface area contributed by atoms with Gasteiger partial charge in [-0.2, -0.15) is 0 Å². The summed E-state index contributed by atoms with van der Waals surface area (Å²) in [5, 5.41) is 0. The minimum atomic E-state index is -0.170.